The summed E-state index contributed by atoms with van der Waals surface area (Å²) in [5, 5.41) is 43.1. The van der Waals surface area contributed by atoms with Crippen LogP contribution in [0.2, 0.25) is 0 Å². The lowest BCUT2D eigenvalue weighted by Crippen LogP contribution is -2.53. The van der Waals surface area contributed by atoms with Crippen LogP contribution in [0.5, 0.6) is 0 Å². The van der Waals surface area contributed by atoms with Crippen LogP contribution in [-0.4, -0.2) is 57.4 Å². The highest BCUT2D eigenvalue weighted by Crippen LogP contribution is 2.64. The quantitative estimate of drug-likeness (QED) is 0.339. The number of aliphatic hydroxyl groups excluding tert-OH is 4. The Morgan fingerprint density at radius 1 is 0.944 bits per heavy atom. The molecule has 4 N–H and O–H groups in total. The van der Waals surface area contributed by atoms with Crippen molar-refractivity contribution in [3.05, 3.63) is 0 Å². The van der Waals surface area contributed by atoms with Crippen LogP contribution in [-0.2, 0) is 9.53 Å². The Hall–Kier alpha value is -0.690. The second kappa shape index (κ2) is 11.6. The molecule has 36 heavy (non-hydrogen) atoms. The topological polar surface area (TPSA) is 107 Å². The molecule has 3 aliphatic rings. The molecule has 0 aromatic rings. The van der Waals surface area contributed by atoms with Crippen molar-refractivity contribution in [2.24, 2.45) is 52.3 Å². The number of fused-ring (bicyclic) bond motifs is 1. The molecule has 0 aromatic heterocycles. The van der Waals surface area contributed by atoms with E-state index in [1.165, 1.54) is 6.92 Å². The molecular weight excluding hydrogens is 456 g/mol. The summed E-state index contributed by atoms with van der Waals surface area (Å²) in [6.45, 7) is 14.9. The first-order chi connectivity index (χ1) is 16.8. The van der Waals surface area contributed by atoms with Crippen LogP contribution in [0.4, 0.5) is 0 Å². The molecule has 210 valence electrons. The molecule has 0 aromatic carbocycles. The molecular formula is C30H54O6. The number of rotatable bonds is 9. The Morgan fingerprint density at radius 2 is 1.61 bits per heavy atom. The van der Waals surface area contributed by atoms with Crippen LogP contribution in [0.3, 0.4) is 0 Å². The fraction of sp³-hybridized carbons (Fsp3) is 0.967. The second-order valence-electron chi connectivity index (χ2n) is 13.6. The van der Waals surface area contributed by atoms with Crippen molar-refractivity contribution in [1.29, 1.82) is 0 Å². The van der Waals surface area contributed by atoms with Gasteiger partial charge in [-0.3, -0.25) is 4.79 Å². The summed E-state index contributed by atoms with van der Waals surface area (Å²) >= 11 is 0. The Kier molecular flexibility index (Phi) is 9.61. The van der Waals surface area contributed by atoms with Crippen molar-refractivity contribution in [1.82, 2.24) is 0 Å². The van der Waals surface area contributed by atoms with E-state index in [1.807, 2.05) is 0 Å². The lowest BCUT2D eigenvalue weighted by molar-refractivity contribution is -0.153. The zero-order valence-corrected chi connectivity index (χ0v) is 23.8. The van der Waals surface area contributed by atoms with Crippen LogP contribution < -0.4 is 0 Å². The maximum absolute atomic E-state index is 11.8. The predicted octanol–water partition coefficient (Wildman–Crippen LogP) is 4.56. The van der Waals surface area contributed by atoms with Gasteiger partial charge in [-0.05, 0) is 97.2 Å². The van der Waals surface area contributed by atoms with E-state index in [0.717, 1.165) is 38.5 Å². The van der Waals surface area contributed by atoms with Gasteiger partial charge in [0.2, 0.25) is 0 Å². The molecule has 12 atom stereocenters. The Labute approximate surface area is 219 Å². The first-order valence-electron chi connectivity index (χ1n) is 14.6. The maximum atomic E-state index is 11.8. The average Bonchev–Trinajstić information content (AvgIpc) is 3.16. The van der Waals surface area contributed by atoms with E-state index in [2.05, 4.69) is 41.5 Å². The summed E-state index contributed by atoms with van der Waals surface area (Å²) < 4.78 is 5.66. The Balaban J connectivity index is 1.84. The van der Waals surface area contributed by atoms with Gasteiger partial charge in [0, 0.05) is 6.92 Å². The van der Waals surface area contributed by atoms with Crippen LogP contribution in [0.1, 0.15) is 99.8 Å². The smallest absolute Gasteiger partial charge is 0.302 e. The monoisotopic (exact) mass is 510 g/mol. The van der Waals surface area contributed by atoms with Crippen LogP contribution >= 0.6 is 0 Å². The molecule has 0 aliphatic heterocycles. The minimum Gasteiger partial charge on any atom is -0.466 e. The fourth-order valence-corrected chi connectivity index (χ4v) is 9.14. The molecule has 3 saturated carbocycles. The maximum Gasteiger partial charge on any atom is 0.302 e. The normalized spacial score (nSPS) is 42.4. The van der Waals surface area contributed by atoms with E-state index in [0.29, 0.717) is 43.1 Å². The van der Waals surface area contributed by atoms with Crippen molar-refractivity contribution >= 4 is 5.97 Å². The molecule has 0 radical (unpaired) electrons. The van der Waals surface area contributed by atoms with E-state index in [4.69, 9.17) is 4.74 Å². The second-order valence-corrected chi connectivity index (χ2v) is 13.6. The highest BCUT2D eigenvalue weighted by molar-refractivity contribution is 5.65. The van der Waals surface area contributed by atoms with E-state index >= 15 is 0 Å². The standard InChI is InChI=1S/C30H54O6/c1-8-20(17(2)3)28(35)27(34)18(4)22-9-10-24-21(16-36-19(5)31)23(11-14-30(22,24)7)29(6)13-12-25(32)26(33)15-29/h17-18,20-28,32-35H,8-16H2,1-7H3/t18?,20-,21?,22+,23?,24?,25?,26?,27+,28+,29+,30+/m0/s1. The van der Waals surface area contributed by atoms with Gasteiger partial charge in [-0.25, -0.2) is 0 Å². The predicted molar refractivity (Wildman–Crippen MR) is 141 cm³/mol. The number of hydrogen-bond donors (Lipinski definition) is 4. The van der Waals surface area contributed by atoms with Crippen molar-refractivity contribution in [3.63, 3.8) is 0 Å². The molecule has 3 rings (SSSR count). The Bertz CT molecular complexity index is 741. The summed E-state index contributed by atoms with van der Waals surface area (Å²) in [7, 11) is 0. The molecule has 6 unspecified atom stereocenters. The van der Waals surface area contributed by atoms with Gasteiger partial charge < -0.3 is 25.2 Å². The van der Waals surface area contributed by atoms with Gasteiger partial charge in [0.05, 0.1) is 31.0 Å². The van der Waals surface area contributed by atoms with E-state index < -0.39 is 24.4 Å². The first kappa shape index (κ1) is 29.9. The lowest BCUT2D eigenvalue weighted by atomic mass is 9.50. The minimum absolute atomic E-state index is 0.00410. The summed E-state index contributed by atoms with van der Waals surface area (Å²) in [6, 6.07) is 0. The van der Waals surface area contributed by atoms with E-state index in [-0.39, 0.29) is 34.6 Å². The van der Waals surface area contributed by atoms with Crippen molar-refractivity contribution < 1.29 is 30.0 Å². The molecule has 6 heteroatoms. The molecule has 3 fully saturated rings. The first-order valence-corrected chi connectivity index (χ1v) is 14.6. The van der Waals surface area contributed by atoms with E-state index in [9.17, 15) is 25.2 Å². The molecule has 0 spiro atoms. The van der Waals surface area contributed by atoms with Crippen LogP contribution in [0.25, 0.3) is 0 Å². The average molecular weight is 511 g/mol. The SMILES string of the molecule is CC[C@@H](C(C)C)[C@@H](O)[C@H](O)C(C)[C@H]1CCC2C(COC(C)=O)C([C@]3(C)CCC(O)C(O)C3)CC[C@@]21C. The molecule has 6 nitrogen and oxygen atoms in total. The summed E-state index contributed by atoms with van der Waals surface area (Å²) in [5.74, 6) is 1.28. The molecule has 0 heterocycles. The number of ether oxygens (including phenoxy) is 1. The van der Waals surface area contributed by atoms with Crippen molar-refractivity contribution in [2.75, 3.05) is 6.61 Å². The van der Waals surface area contributed by atoms with E-state index in [1.54, 1.807) is 0 Å². The third-order valence-electron chi connectivity index (χ3n) is 11.3. The highest BCUT2D eigenvalue weighted by atomic mass is 16.5. The largest absolute Gasteiger partial charge is 0.466 e. The van der Waals surface area contributed by atoms with Gasteiger partial charge >= 0.3 is 5.97 Å². The minimum atomic E-state index is -0.755. The zero-order chi connectivity index (χ0) is 27.0. The molecule has 0 bridgehead atoms. The zero-order valence-electron chi connectivity index (χ0n) is 23.8. The van der Waals surface area contributed by atoms with Gasteiger partial charge in [-0.15, -0.1) is 0 Å². The van der Waals surface area contributed by atoms with Gasteiger partial charge in [0.15, 0.2) is 0 Å². The van der Waals surface area contributed by atoms with Crippen LogP contribution in [0.15, 0.2) is 0 Å². The third-order valence-corrected chi connectivity index (χ3v) is 11.3. The third kappa shape index (κ3) is 5.67. The summed E-state index contributed by atoms with van der Waals surface area (Å²) in [4.78, 5) is 11.8. The summed E-state index contributed by atoms with van der Waals surface area (Å²) in [6.07, 6.45) is 4.12. The van der Waals surface area contributed by atoms with Crippen molar-refractivity contribution in [3.8, 4) is 0 Å². The van der Waals surface area contributed by atoms with Crippen molar-refractivity contribution in [2.45, 2.75) is 124 Å². The van der Waals surface area contributed by atoms with Gasteiger partial charge in [0.25, 0.3) is 0 Å². The van der Waals surface area contributed by atoms with Gasteiger partial charge in [-0.2, -0.15) is 0 Å². The molecule has 0 saturated heterocycles. The number of carbonyl (C=O) groups excluding carboxylic acids is 1. The number of esters is 1. The molecule has 0 amide bonds. The Morgan fingerprint density at radius 3 is 2.17 bits per heavy atom. The molecule has 3 aliphatic carbocycles. The lowest BCUT2D eigenvalue weighted by Gasteiger charge is -2.56. The van der Waals surface area contributed by atoms with Gasteiger partial charge in [0.1, 0.15) is 0 Å². The number of hydrogen-bond acceptors (Lipinski definition) is 6. The van der Waals surface area contributed by atoms with Gasteiger partial charge in [-0.1, -0.05) is 48.0 Å². The number of carbonyl (C=O) groups is 1. The highest BCUT2D eigenvalue weighted by Gasteiger charge is 2.59. The number of aliphatic hydroxyl groups is 4. The fourth-order valence-electron chi connectivity index (χ4n) is 9.14. The van der Waals surface area contributed by atoms with Crippen LogP contribution in [0, 0.1) is 52.3 Å². The summed E-state index contributed by atoms with van der Waals surface area (Å²) in [5.41, 5.74) is -0.0973.